The smallest absolute Gasteiger partial charge is 0.265 e. The molecule has 0 aromatic heterocycles. The SMILES string of the molecule is O=C1NN(C(c2ccccc2)c2ccc(C3CCOCC3)cc2)C(=O)C1Sc1ccccc1Cl. The van der Waals surface area contributed by atoms with Crippen LogP contribution in [0.25, 0.3) is 0 Å². The highest BCUT2D eigenvalue weighted by Gasteiger charge is 2.44. The Morgan fingerprint density at radius 1 is 0.882 bits per heavy atom. The lowest BCUT2D eigenvalue weighted by Gasteiger charge is -2.29. The normalized spacial score (nSPS) is 19.8. The second-order valence-electron chi connectivity index (χ2n) is 8.48. The van der Waals surface area contributed by atoms with E-state index in [1.54, 1.807) is 6.07 Å². The summed E-state index contributed by atoms with van der Waals surface area (Å²) in [5, 5.41) is 1.10. The van der Waals surface area contributed by atoms with E-state index in [-0.39, 0.29) is 11.8 Å². The van der Waals surface area contributed by atoms with E-state index in [1.165, 1.54) is 22.3 Å². The van der Waals surface area contributed by atoms with E-state index in [9.17, 15) is 9.59 Å². The van der Waals surface area contributed by atoms with Gasteiger partial charge in [0.25, 0.3) is 11.8 Å². The Labute approximate surface area is 208 Å². The molecule has 34 heavy (non-hydrogen) atoms. The number of hydrogen-bond acceptors (Lipinski definition) is 4. The summed E-state index contributed by atoms with van der Waals surface area (Å²) in [4.78, 5) is 27.1. The molecule has 1 N–H and O–H groups in total. The number of hydrazine groups is 1. The average Bonchev–Trinajstić information content (AvgIpc) is 3.15. The maximum atomic E-state index is 13.5. The molecule has 2 aliphatic heterocycles. The van der Waals surface area contributed by atoms with Crippen molar-refractivity contribution in [3.63, 3.8) is 0 Å². The number of hydrogen-bond donors (Lipinski definition) is 1. The van der Waals surface area contributed by atoms with Crippen LogP contribution in [0.1, 0.15) is 41.5 Å². The van der Waals surface area contributed by atoms with E-state index in [2.05, 4.69) is 29.7 Å². The largest absolute Gasteiger partial charge is 0.381 e. The second-order valence-corrected chi connectivity index (χ2v) is 10.0. The van der Waals surface area contributed by atoms with Gasteiger partial charge in [0.1, 0.15) is 6.04 Å². The van der Waals surface area contributed by atoms with Crippen LogP contribution in [0.3, 0.4) is 0 Å². The summed E-state index contributed by atoms with van der Waals surface area (Å²) in [6.07, 6.45) is 2.03. The standard InChI is InChI=1S/C27H25ClN2O3S/c28-22-8-4-5-9-23(22)34-25-26(31)29-30(27(25)32)24(20-6-2-1-3-7-20)21-12-10-18(11-13-21)19-14-16-33-17-15-19/h1-13,19,24-25H,14-17H2,(H,29,31). The fraction of sp³-hybridized carbons (Fsp3) is 0.259. The number of benzene rings is 3. The van der Waals surface area contributed by atoms with Crippen molar-refractivity contribution in [2.75, 3.05) is 13.2 Å². The Bertz CT molecular complexity index is 1170. The summed E-state index contributed by atoms with van der Waals surface area (Å²) in [5.41, 5.74) is 5.99. The molecule has 5 nitrogen and oxygen atoms in total. The minimum Gasteiger partial charge on any atom is -0.381 e. The predicted molar refractivity (Wildman–Crippen MR) is 134 cm³/mol. The lowest BCUT2D eigenvalue weighted by molar-refractivity contribution is -0.131. The highest BCUT2D eigenvalue weighted by molar-refractivity contribution is 8.01. The van der Waals surface area contributed by atoms with E-state index in [0.29, 0.717) is 15.8 Å². The number of carbonyl (C=O) groups excluding carboxylic acids is 2. The van der Waals surface area contributed by atoms with Crippen molar-refractivity contribution in [1.29, 1.82) is 0 Å². The highest BCUT2D eigenvalue weighted by Crippen LogP contribution is 2.37. The summed E-state index contributed by atoms with van der Waals surface area (Å²) in [6, 6.07) is 25.0. The molecule has 2 saturated heterocycles. The van der Waals surface area contributed by atoms with Crippen molar-refractivity contribution in [3.8, 4) is 0 Å². The topological polar surface area (TPSA) is 58.6 Å². The van der Waals surface area contributed by atoms with Crippen LogP contribution >= 0.6 is 23.4 Å². The third kappa shape index (κ3) is 4.71. The van der Waals surface area contributed by atoms with Gasteiger partial charge in [-0.15, -0.1) is 11.8 Å². The maximum Gasteiger partial charge on any atom is 0.265 e. The molecule has 0 spiro atoms. The van der Waals surface area contributed by atoms with Gasteiger partial charge in [-0.05, 0) is 47.6 Å². The fourth-order valence-corrected chi connectivity index (χ4v) is 5.78. The van der Waals surface area contributed by atoms with Crippen molar-refractivity contribution in [2.24, 2.45) is 0 Å². The zero-order chi connectivity index (χ0) is 23.5. The van der Waals surface area contributed by atoms with Crippen molar-refractivity contribution in [3.05, 3.63) is 101 Å². The molecule has 2 aliphatic rings. The molecule has 0 saturated carbocycles. The van der Waals surface area contributed by atoms with Gasteiger partial charge in [0.15, 0.2) is 5.25 Å². The summed E-state index contributed by atoms with van der Waals surface area (Å²) >= 11 is 7.46. The third-order valence-corrected chi connectivity index (χ3v) is 8.03. The van der Waals surface area contributed by atoms with Crippen LogP contribution in [-0.4, -0.2) is 35.3 Å². The van der Waals surface area contributed by atoms with Gasteiger partial charge in [-0.25, -0.2) is 5.01 Å². The Hall–Kier alpha value is -2.80. The van der Waals surface area contributed by atoms with Crippen LogP contribution in [0.4, 0.5) is 0 Å². The summed E-state index contributed by atoms with van der Waals surface area (Å²) in [6.45, 7) is 1.58. The maximum absolute atomic E-state index is 13.5. The fourth-order valence-electron chi connectivity index (χ4n) is 4.54. The first-order valence-corrected chi connectivity index (χ1v) is 12.6. The molecule has 7 heteroatoms. The minimum atomic E-state index is -0.896. The van der Waals surface area contributed by atoms with Gasteiger partial charge in [0.05, 0.1) is 5.02 Å². The monoisotopic (exact) mass is 492 g/mol. The number of nitrogens with zero attached hydrogens (tertiary/aromatic N) is 1. The van der Waals surface area contributed by atoms with E-state index < -0.39 is 11.3 Å². The molecule has 2 unspecified atom stereocenters. The van der Waals surface area contributed by atoms with Crippen molar-refractivity contribution < 1.29 is 14.3 Å². The predicted octanol–water partition coefficient (Wildman–Crippen LogP) is 5.36. The van der Waals surface area contributed by atoms with E-state index in [0.717, 1.165) is 37.2 Å². The van der Waals surface area contributed by atoms with Crippen LogP contribution in [-0.2, 0) is 14.3 Å². The highest BCUT2D eigenvalue weighted by atomic mass is 35.5. The number of rotatable bonds is 6. The van der Waals surface area contributed by atoms with Gasteiger partial charge in [0.2, 0.25) is 0 Å². The number of nitrogens with one attached hydrogen (secondary N) is 1. The Kier molecular flexibility index (Phi) is 6.90. The summed E-state index contributed by atoms with van der Waals surface area (Å²) in [7, 11) is 0. The molecule has 2 fully saturated rings. The number of ether oxygens (including phenoxy) is 1. The molecule has 3 aromatic rings. The molecule has 0 aliphatic carbocycles. The van der Waals surface area contributed by atoms with E-state index >= 15 is 0 Å². The number of carbonyl (C=O) groups is 2. The number of thioether (sulfide) groups is 1. The van der Waals surface area contributed by atoms with E-state index in [1.807, 2.05) is 48.5 Å². The lowest BCUT2D eigenvalue weighted by Crippen LogP contribution is -2.40. The van der Waals surface area contributed by atoms with E-state index in [4.69, 9.17) is 16.3 Å². The van der Waals surface area contributed by atoms with Crippen LogP contribution < -0.4 is 5.43 Å². The second kappa shape index (κ2) is 10.2. The molecule has 174 valence electrons. The van der Waals surface area contributed by atoms with Crippen LogP contribution in [0.5, 0.6) is 0 Å². The first-order valence-electron chi connectivity index (χ1n) is 11.4. The third-order valence-electron chi connectivity index (χ3n) is 6.33. The van der Waals surface area contributed by atoms with Crippen LogP contribution in [0, 0.1) is 0 Å². The molecule has 2 heterocycles. The molecule has 3 aromatic carbocycles. The Morgan fingerprint density at radius 2 is 1.53 bits per heavy atom. The van der Waals surface area contributed by atoms with Gasteiger partial charge < -0.3 is 4.74 Å². The number of halogens is 1. The van der Waals surface area contributed by atoms with Crippen molar-refractivity contribution in [2.45, 2.75) is 34.9 Å². The molecule has 0 radical (unpaired) electrons. The van der Waals surface area contributed by atoms with Gasteiger partial charge in [0, 0.05) is 18.1 Å². The first kappa shape index (κ1) is 23.0. The zero-order valence-corrected chi connectivity index (χ0v) is 20.1. The Morgan fingerprint density at radius 3 is 2.24 bits per heavy atom. The molecule has 5 rings (SSSR count). The van der Waals surface area contributed by atoms with Crippen LogP contribution in [0.15, 0.2) is 83.8 Å². The number of amides is 2. The van der Waals surface area contributed by atoms with Gasteiger partial charge in [-0.3, -0.25) is 15.0 Å². The van der Waals surface area contributed by atoms with Gasteiger partial charge >= 0.3 is 0 Å². The summed E-state index contributed by atoms with van der Waals surface area (Å²) < 4.78 is 5.50. The average molecular weight is 493 g/mol. The van der Waals surface area contributed by atoms with Gasteiger partial charge in [-0.2, -0.15) is 0 Å². The molecule has 0 bridgehead atoms. The molecular formula is C27H25ClN2O3S. The van der Waals surface area contributed by atoms with Crippen molar-refractivity contribution >= 4 is 35.2 Å². The Balaban J connectivity index is 1.44. The molecular weight excluding hydrogens is 468 g/mol. The van der Waals surface area contributed by atoms with Crippen LogP contribution in [0.2, 0.25) is 5.02 Å². The summed E-state index contributed by atoms with van der Waals surface area (Å²) in [5.74, 6) is -0.130. The first-order chi connectivity index (χ1) is 16.6. The molecule has 2 atom stereocenters. The molecule has 2 amide bonds. The zero-order valence-electron chi connectivity index (χ0n) is 18.5. The van der Waals surface area contributed by atoms with Crippen molar-refractivity contribution in [1.82, 2.24) is 10.4 Å². The minimum absolute atomic E-state index is 0.280. The lowest BCUT2D eigenvalue weighted by atomic mass is 9.89. The quantitative estimate of drug-likeness (QED) is 0.471. The van der Waals surface area contributed by atoms with Gasteiger partial charge in [-0.1, -0.05) is 78.3 Å².